The Kier molecular flexibility index (Phi) is 2.58. The van der Waals surface area contributed by atoms with E-state index in [9.17, 15) is 4.79 Å². The van der Waals surface area contributed by atoms with Crippen LogP contribution in [0, 0.1) is 0 Å². The highest BCUT2D eigenvalue weighted by Crippen LogP contribution is 2.47. The van der Waals surface area contributed by atoms with Crippen molar-refractivity contribution in [3.05, 3.63) is 23.4 Å². The third-order valence-electron chi connectivity index (χ3n) is 3.00. The highest BCUT2D eigenvalue weighted by Gasteiger charge is 2.54. The number of amides is 1. The van der Waals surface area contributed by atoms with Gasteiger partial charge >= 0.3 is 0 Å². The Morgan fingerprint density at radius 3 is 2.75 bits per heavy atom. The number of nitrogens with zero attached hydrogens (tertiary/aromatic N) is 1. The summed E-state index contributed by atoms with van der Waals surface area (Å²) in [4.78, 5) is 15.7. The molecule has 1 aliphatic rings. The molecule has 0 aliphatic heterocycles. The van der Waals surface area contributed by atoms with Crippen LogP contribution in [0.1, 0.15) is 44.0 Å². The van der Waals surface area contributed by atoms with Crippen molar-refractivity contribution in [1.82, 2.24) is 4.98 Å². The number of hydrogen-bond acceptors (Lipinski definition) is 3. The summed E-state index contributed by atoms with van der Waals surface area (Å²) in [5, 5.41) is 0. The van der Waals surface area contributed by atoms with Crippen LogP contribution in [-0.2, 0) is 16.6 Å². The van der Waals surface area contributed by atoms with Crippen LogP contribution < -0.4 is 5.73 Å². The minimum atomic E-state index is -0.621. The SMILES string of the molecule is C/C=C\c1nc(C2(C(N)=O)CC2)oc1CC. The lowest BCUT2D eigenvalue weighted by atomic mass is 10.1. The Morgan fingerprint density at radius 2 is 2.31 bits per heavy atom. The second-order valence-corrected chi connectivity index (χ2v) is 4.13. The molecule has 2 N–H and O–H groups in total. The first kappa shape index (κ1) is 10.9. The highest BCUT2D eigenvalue weighted by atomic mass is 16.4. The van der Waals surface area contributed by atoms with Gasteiger partial charge in [-0.1, -0.05) is 13.0 Å². The van der Waals surface area contributed by atoms with Crippen molar-refractivity contribution in [2.45, 2.75) is 38.5 Å². The fourth-order valence-electron chi connectivity index (χ4n) is 1.80. The first-order chi connectivity index (χ1) is 7.64. The number of carbonyl (C=O) groups excluding carboxylic acids is 1. The van der Waals surface area contributed by atoms with E-state index in [2.05, 4.69) is 4.98 Å². The molecular formula is C12H16N2O2. The van der Waals surface area contributed by atoms with Gasteiger partial charge in [0.05, 0.1) is 0 Å². The molecule has 0 spiro atoms. The van der Waals surface area contributed by atoms with Crippen molar-refractivity contribution in [3.8, 4) is 0 Å². The number of primary amides is 1. The van der Waals surface area contributed by atoms with Crippen LogP contribution in [0.3, 0.4) is 0 Å². The van der Waals surface area contributed by atoms with Crippen LogP contribution in [0.5, 0.6) is 0 Å². The molecule has 2 rings (SSSR count). The summed E-state index contributed by atoms with van der Waals surface area (Å²) in [7, 11) is 0. The minimum absolute atomic E-state index is 0.330. The molecule has 1 amide bonds. The third kappa shape index (κ3) is 1.54. The van der Waals surface area contributed by atoms with Crippen LogP contribution in [0.2, 0.25) is 0 Å². The lowest BCUT2D eigenvalue weighted by Gasteiger charge is -2.03. The van der Waals surface area contributed by atoms with E-state index in [1.54, 1.807) is 0 Å². The van der Waals surface area contributed by atoms with Gasteiger partial charge in [-0.25, -0.2) is 4.98 Å². The molecule has 0 saturated heterocycles. The summed E-state index contributed by atoms with van der Waals surface area (Å²) in [6, 6.07) is 0. The normalized spacial score (nSPS) is 17.9. The standard InChI is InChI=1S/C12H16N2O2/c1-3-5-8-9(4-2)16-11(14-8)12(6-7-12)10(13)15/h3,5H,4,6-7H2,1-2H3,(H2,13,15)/b5-3-. The van der Waals surface area contributed by atoms with Crippen molar-refractivity contribution in [1.29, 1.82) is 0 Å². The molecule has 1 aliphatic carbocycles. The molecule has 4 nitrogen and oxygen atoms in total. The van der Waals surface area contributed by atoms with Crippen LogP contribution in [0.15, 0.2) is 10.5 Å². The summed E-state index contributed by atoms with van der Waals surface area (Å²) in [6.07, 6.45) is 6.07. The molecule has 1 saturated carbocycles. The van der Waals surface area contributed by atoms with E-state index in [0.717, 1.165) is 30.7 Å². The zero-order valence-corrected chi connectivity index (χ0v) is 9.62. The number of hydrogen-bond donors (Lipinski definition) is 1. The Labute approximate surface area is 94.5 Å². The van der Waals surface area contributed by atoms with Gasteiger partial charge in [-0.3, -0.25) is 4.79 Å². The molecule has 1 aromatic heterocycles. The van der Waals surface area contributed by atoms with E-state index >= 15 is 0 Å². The van der Waals surface area contributed by atoms with Crippen molar-refractivity contribution in [2.24, 2.45) is 5.73 Å². The number of oxazole rings is 1. The van der Waals surface area contributed by atoms with E-state index in [-0.39, 0.29) is 5.91 Å². The summed E-state index contributed by atoms with van der Waals surface area (Å²) in [6.45, 7) is 3.93. The van der Waals surface area contributed by atoms with E-state index in [1.807, 2.05) is 26.0 Å². The molecule has 1 fully saturated rings. The number of rotatable bonds is 4. The van der Waals surface area contributed by atoms with E-state index in [4.69, 9.17) is 10.2 Å². The van der Waals surface area contributed by atoms with E-state index in [0.29, 0.717) is 5.89 Å². The zero-order chi connectivity index (χ0) is 11.8. The van der Waals surface area contributed by atoms with Crippen LogP contribution in [-0.4, -0.2) is 10.9 Å². The van der Waals surface area contributed by atoms with Crippen molar-refractivity contribution < 1.29 is 9.21 Å². The topological polar surface area (TPSA) is 69.1 Å². The van der Waals surface area contributed by atoms with Crippen LogP contribution >= 0.6 is 0 Å². The molecule has 0 bridgehead atoms. The van der Waals surface area contributed by atoms with Crippen molar-refractivity contribution >= 4 is 12.0 Å². The summed E-state index contributed by atoms with van der Waals surface area (Å²) >= 11 is 0. The molecule has 0 aromatic carbocycles. The molecule has 0 atom stereocenters. The quantitative estimate of drug-likeness (QED) is 0.841. The maximum Gasteiger partial charge on any atom is 0.233 e. The van der Waals surface area contributed by atoms with Gasteiger partial charge in [-0.05, 0) is 25.8 Å². The largest absolute Gasteiger partial charge is 0.444 e. The van der Waals surface area contributed by atoms with Gasteiger partial charge in [0.15, 0.2) is 0 Å². The average molecular weight is 220 g/mol. The fourth-order valence-corrected chi connectivity index (χ4v) is 1.80. The lowest BCUT2D eigenvalue weighted by molar-refractivity contribution is -0.120. The molecule has 86 valence electrons. The second kappa shape index (κ2) is 3.77. The Bertz CT molecular complexity index is 442. The number of nitrogens with two attached hydrogens (primary N) is 1. The predicted octanol–water partition coefficient (Wildman–Crippen LogP) is 1.79. The van der Waals surface area contributed by atoms with Gasteiger partial charge in [0.2, 0.25) is 11.8 Å². The average Bonchev–Trinajstić information content (AvgIpc) is 2.97. The molecule has 1 aromatic rings. The van der Waals surface area contributed by atoms with Gasteiger partial charge in [-0.2, -0.15) is 0 Å². The van der Waals surface area contributed by atoms with Crippen LogP contribution in [0.25, 0.3) is 6.08 Å². The summed E-state index contributed by atoms with van der Waals surface area (Å²) in [5.74, 6) is 0.981. The predicted molar refractivity (Wildman–Crippen MR) is 60.7 cm³/mol. The number of allylic oxidation sites excluding steroid dienone is 1. The first-order valence-corrected chi connectivity index (χ1v) is 5.57. The maximum absolute atomic E-state index is 11.4. The van der Waals surface area contributed by atoms with E-state index in [1.165, 1.54) is 0 Å². The highest BCUT2D eigenvalue weighted by molar-refractivity contribution is 5.88. The minimum Gasteiger partial charge on any atom is -0.444 e. The van der Waals surface area contributed by atoms with Crippen molar-refractivity contribution in [3.63, 3.8) is 0 Å². The van der Waals surface area contributed by atoms with Gasteiger partial charge in [0.25, 0.3) is 0 Å². The summed E-state index contributed by atoms with van der Waals surface area (Å²) < 4.78 is 5.64. The number of carbonyl (C=O) groups is 1. The second-order valence-electron chi connectivity index (χ2n) is 4.13. The Morgan fingerprint density at radius 1 is 1.62 bits per heavy atom. The monoisotopic (exact) mass is 220 g/mol. The molecule has 4 heteroatoms. The van der Waals surface area contributed by atoms with E-state index < -0.39 is 5.41 Å². The molecule has 1 heterocycles. The molecule has 0 radical (unpaired) electrons. The smallest absolute Gasteiger partial charge is 0.233 e. The van der Waals surface area contributed by atoms with Crippen LogP contribution in [0.4, 0.5) is 0 Å². The summed E-state index contributed by atoms with van der Waals surface area (Å²) in [5.41, 5.74) is 5.57. The Balaban J connectivity index is 2.40. The molecule has 0 unspecified atom stereocenters. The third-order valence-corrected chi connectivity index (χ3v) is 3.00. The van der Waals surface area contributed by atoms with Crippen molar-refractivity contribution in [2.75, 3.05) is 0 Å². The van der Waals surface area contributed by atoms with Gasteiger partial charge in [0.1, 0.15) is 16.9 Å². The first-order valence-electron chi connectivity index (χ1n) is 5.57. The van der Waals surface area contributed by atoms with Gasteiger partial charge in [0, 0.05) is 6.42 Å². The number of aryl methyl sites for hydroxylation is 1. The lowest BCUT2D eigenvalue weighted by Crippen LogP contribution is -2.28. The maximum atomic E-state index is 11.4. The zero-order valence-electron chi connectivity index (χ0n) is 9.62. The number of aromatic nitrogens is 1. The fraction of sp³-hybridized carbons (Fsp3) is 0.500. The molecular weight excluding hydrogens is 204 g/mol. The molecule has 16 heavy (non-hydrogen) atoms. The van der Waals surface area contributed by atoms with Gasteiger partial charge < -0.3 is 10.2 Å². The van der Waals surface area contributed by atoms with Gasteiger partial charge in [-0.15, -0.1) is 0 Å². The Hall–Kier alpha value is -1.58.